The van der Waals surface area contributed by atoms with Gasteiger partial charge in [0.1, 0.15) is 5.84 Å². The van der Waals surface area contributed by atoms with Crippen molar-refractivity contribution in [2.75, 3.05) is 0 Å². The van der Waals surface area contributed by atoms with Gasteiger partial charge >= 0.3 is 6.18 Å². The van der Waals surface area contributed by atoms with Gasteiger partial charge in [0.25, 0.3) is 0 Å². The van der Waals surface area contributed by atoms with E-state index in [-0.39, 0.29) is 12.4 Å². The molecule has 1 aromatic carbocycles. The summed E-state index contributed by atoms with van der Waals surface area (Å²) in [7, 11) is 0. The van der Waals surface area contributed by atoms with Gasteiger partial charge in [-0.3, -0.25) is 10.1 Å². The van der Waals surface area contributed by atoms with Crippen molar-refractivity contribution in [2.24, 2.45) is 5.73 Å². The number of nitrogen functional groups attached to an aromatic ring is 1. The van der Waals surface area contributed by atoms with Gasteiger partial charge in [0.2, 0.25) is 0 Å². The molecule has 3 N–H and O–H groups in total. The number of halogens is 4. The second-order valence-corrected chi connectivity index (χ2v) is 4.52. The maximum absolute atomic E-state index is 12.4. The number of hydrogen-bond donors (Lipinski definition) is 2. The third kappa shape index (κ3) is 3.11. The van der Waals surface area contributed by atoms with E-state index in [1.807, 2.05) is 0 Å². The average molecular weight is 303 g/mol. The lowest BCUT2D eigenvalue weighted by Gasteiger charge is -2.07. The summed E-state index contributed by atoms with van der Waals surface area (Å²) < 4.78 is 38.4. The van der Waals surface area contributed by atoms with Gasteiger partial charge in [-0.15, -0.1) is 0 Å². The molecular weight excluding hydrogens is 293 g/mol. The van der Waals surface area contributed by atoms with E-state index in [0.29, 0.717) is 16.1 Å². The quantitative estimate of drug-likeness (QED) is 0.676. The predicted molar refractivity (Wildman–Crippen MR) is 68.8 cm³/mol. The van der Waals surface area contributed by atoms with Crippen molar-refractivity contribution in [3.05, 3.63) is 52.3 Å². The molecule has 0 aliphatic heterocycles. The van der Waals surface area contributed by atoms with Gasteiger partial charge < -0.3 is 5.73 Å². The average Bonchev–Trinajstić information content (AvgIpc) is 2.80. The zero-order valence-electron chi connectivity index (χ0n) is 10.1. The van der Waals surface area contributed by atoms with Crippen LogP contribution < -0.4 is 5.73 Å². The number of nitrogens with one attached hydrogen (secondary N) is 1. The zero-order valence-corrected chi connectivity index (χ0v) is 10.8. The van der Waals surface area contributed by atoms with Gasteiger partial charge in [0.15, 0.2) is 5.69 Å². The van der Waals surface area contributed by atoms with E-state index in [4.69, 9.17) is 22.7 Å². The maximum atomic E-state index is 12.4. The highest BCUT2D eigenvalue weighted by atomic mass is 35.5. The van der Waals surface area contributed by atoms with Gasteiger partial charge in [0, 0.05) is 16.8 Å². The summed E-state index contributed by atoms with van der Waals surface area (Å²) in [4.78, 5) is 0. The number of amidine groups is 1. The molecule has 20 heavy (non-hydrogen) atoms. The smallest absolute Gasteiger partial charge is 0.384 e. The molecule has 2 aromatic rings. The standard InChI is InChI=1S/C12H10ClF3N4/c13-9-5-7(11(17)18)1-2-8(9)6-20-4-3-10(19-20)12(14,15)16/h1-5H,6H2,(H3,17,18). The SMILES string of the molecule is N=C(N)c1ccc(Cn2ccc(C(F)(F)F)n2)c(Cl)c1. The molecule has 0 atom stereocenters. The summed E-state index contributed by atoms with van der Waals surface area (Å²) in [5, 5.41) is 11.0. The fraction of sp³-hybridized carbons (Fsp3) is 0.167. The molecule has 1 heterocycles. The second-order valence-electron chi connectivity index (χ2n) is 4.12. The van der Waals surface area contributed by atoms with Crippen molar-refractivity contribution in [3.63, 3.8) is 0 Å². The maximum Gasteiger partial charge on any atom is 0.435 e. The highest BCUT2D eigenvalue weighted by molar-refractivity contribution is 6.31. The molecule has 106 valence electrons. The summed E-state index contributed by atoms with van der Waals surface area (Å²) in [5.41, 5.74) is 5.41. The summed E-state index contributed by atoms with van der Waals surface area (Å²) >= 11 is 6.00. The molecule has 0 unspecified atom stereocenters. The fourth-order valence-corrected chi connectivity index (χ4v) is 1.86. The van der Waals surface area contributed by atoms with Crippen LogP contribution in [0.5, 0.6) is 0 Å². The Labute approximate surface area is 117 Å². The Bertz CT molecular complexity index is 648. The molecule has 0 aliphatic carbocycles. The lowest BCUT2D eigenvalue weighted by molar-refractivity contribution is -0.141. The molecule has 0 aliphatic rings. The first-order chi connectivity index (χ1) is 9.27. The first-order valence-corrected chi connectivity index (χ1v) is 5.88. The highest BCUT2D eigenvalue weighted by Crippen LogP contribution is 2.27. The largest absolute Gasteiger partial charge is 0.435 e. The van der Waals surface area contributed by atoms with Crippen molar-refractivity contribution in [1.82, 2.24) is 9.78 Å². The van der Waals surface area contributed by atoms with Gasteiger partial charge in [-0.2, -0.15) is 18.3 Å². The van der Waals surface area contributed by atoms with Crippen LogP contribution in [0.3, 0.4) is 0 Å². The highest BCUT2D eigenvalue weighted by Gasteiger charge is 2.33. The Morgan fingerprint density at radius 1 is 1.35 bits per heavy atom. The first kappa shape index (κ1) is 14.4. The number of alkyl halides is 3. The minimum absolute atomic E-state index is 0.104. The molecule has 8 heteroatoms. The van der Waals surface area contributed by atoms with Crippen LogP contribution in [-0.2, 0) is 12.7 Å². The van der Waals surface area contributed by atoms with Gasteiger partial charge in [-0.25, -0.2) is 0 Å². The molecule has 0 saturated heterocycles. The Morgan fingerprint density at radius 2 is 2.05 bits per heavy atom. The third-order valence-corrected chi connectivity index (χ3v) is 2.98. The van der Waals surface area contributed by atoms with E-state index in [2.05, 4.69) is 5.10 Å². The summed E-state index contributed by atoms with van der Waals surface area (Å²) in [6, 6.07) is 5.58. The van der Waals surface area contributed by atoms with Gasteiger partial charge in [-0.1, -0.05) is 23.7 Å². The minimum Gasteiger partial charge on any atom is -0.384 e. The van der Waals surface area contributed by atoms with Crippen LogP contribution in [0.4, 0.5) is 13.2 Å². The van der Waals surface area contributed by atoms with E-state index < -0.39 is 11.9 Å². The van der Waals surface area contributed by atoms with E-state index >= 15 is 0 Å². The first-order valence-electron chi connectivity index (χ1n) is 5.51. The third-order valence-electron chi connectivity index (χ3n) is 2.63. The van der Waals surface area contributed by atoms with E-state index in [1.165, 1.54) is 12.3 Å². The van der Waals surface area contributed by atoms with E-state index in [1.54, 1.807) is 12.1 Å². The number of hydrogen-bond acceptors (Lipinski definition) is 2. The lowest BCUT2D eigenvalue weighted by Crippen LogP contribution is -2.12. The monoisotopic (exact) mass is 302 g/mol. The van der Waals surface area contributed by atoms with E-state index in [9.17, 15) is 13.2 Å². The summed E-state index contributed by atoms with van der Waals surface area (Å²) in [6.07, 6.45) is -3.23. The molecule has 1 aromatic heterocycles. The number of benzene rings is 1. The molecule has 0 bridgehead atoms. The van der Waals surface area contributed by atoms with Crippen molar-refractivity contribution in [2.45, 2.75) is 12.7 Å². The molecule has 0 radical (unpaired) electrons. The molecule has 2 rings (SSSR count). The normalized spacial score (nSPS) is 11.6. The van der Waals surface area contributed by atoms with Crippen LogP contribution in [0, 0.1) is 5.41 Å². The van der Waals surface area contributed by atoms with Crippen LogP contribution in [0.1, 0.15) is 16.8 Å². The Kier molecular flexibility index (Phi) is 3.71. The van der Waals surface area contributed by atoms with Crippen LogP contribution in [0.15, 0.2) is 30.5 Å². The molecule has 0 spiro atoms. The van der Waals surface area contributed by atoms with Crippen molar-refractivity contribution < 1.29 is 13.2 Å². The zero-order chi connectivity index (χ0) is 14.9. The predicted octanol–water partition coefficient (Wildman–Crippen LogP) is 2.89. The Hall–Kier alpha value is -2.02. The summed E-state index contributed by atoms with van der Waals surface area (Å²) in [5.74, 6) is -0.128. The van der Waals surface area contributed by atoms with E-state index in [0.717, 1.165) is 10.7 Å². The number of nitrogens with two attached hydrogens (primary N) is 1. The van der Waals surface area contributed by atoms with Crippen LogP contribution in [-0.4, -0.2) is 15.6 Å². The molecule has 0 fully saturated rings. The number of rotatable bonds is 3. The molecule has 0 saturated carbocycles. The minimum atomic E-state index is -4.46. The topological polar surface area (TPSA) is 67.7 Å². The van der Waals surface area contributed by atoms with Crippen LogP contribution in [0.2, 0.25) is 5.02 Å². The number of aromatic nitrogens is 2. The number of nitrogens with zero attached hydrogens (tertiary/aromatic N) is 2. The molecule has 4 nitrogen and oxygen atoms in total. The van der Waals surface area contributed by atoms with Gasteiger partial charge in [0.05, 0.1) is 6.54 Å². The van der Waals surface area contributed by atoms with Crippen LogP contribution >= 0.6 is 11.6 Å². The van der Waals surface area contributed by atoms with Crippen molar-refractivity contribution in [1.29, 1.82) is 5.41 Å². The lowest BCUT2D eigenvalue weighted by atomic mass is 10.1. The van der Waals surface area contributed by atoms with Gasteiger partial charge in [-0.05, 0) is 17.7 Å². The second kappa shape index (κ2) is 5.16. The Balaban J connectivity index is 2.22. The molecule has 0 amide bonds. The summed E-state index contributed by atoms with van der Waals surface area (Å²) in [6.45, 7) is 0.104. The Morgan fingerprint density at radius 3 is 2.55 bits per heavy atom. The fourth-order valence-electron chi connectivity index (χ4n) is 1.62. The van der Waals surface area contributed by atoms with Crippen molar-refractivity contribution >= 4 is 17.4 Å². The van der Waals surface area contributed by atoms with Crippen molar-refractivity contribution in [3.8, 4) is 0 Å². The van der Waals surface area contributed by atoms with Crippen LogP contribution in [0.25, 0.3) is 0 Å². The molecular formula is C12H10ClF3N4.